The molecule has 7 nitrogen and oxygen atoms in total. The molecule has 2 N–H and O–H groups in total. The van der Waals surface area contributed by atoms with Gasteiger partial charge in [-0.2, -0.15) is 5.10 Å². The molecule has 36 heavy (non-hydrogen) atoms. The van der Waals surface area contributed by atoms with Gasteiger partial charge >= 0.3 is 0 Å². The second kappa shape index (κ2) is 8.82. The molecule has 6 rings (SSSR count). The van der Waals surface area contributed by atoms with E-state index >= 15 is 0 Å². The summed E-state index contributed by atoms with van der Waals surface area (Å²) in [6.07, 6.45) is 5.63. The lowest BCUT2D eigenvalue weighted by Crippen LogP contribution is -2.10. The topological polar surface area (TPSA) is 86.4 Å². The third-order valence-corrected chi connectivity index (χ3v) is 7.33. The fraction of sp³-hybridized carbons (Fsp3) is 0.143. The Morgan fingerprint density at radius 1 is 1.00 bits per heavy atom. The monoisotopic (exact) mass is 491 g/mol. The predicted octanol–water partition coefficient (Wildman–Crippen LogP) is 6.39. The van der Waals surface area contributed by atoms with Crippen molar-refractivity contribution < 1.29 is 0 Å². The largest absolute Gasteiger partial charge is 0.336 e. The molecule has 8 heteroatoms. The van der Waals surface area contributed by atoms with E-state index in [1.807, 2.05) is 31.6 Å². The summed E-state index contributed by atoms with van der Waals surface area (Å²) in [7, 11) is 4.12. The van der Waals surface area contributed by atoms with Crippen molar-refractivity contribution in [3.8, 4) is 33.2 Å². The van der Waals surface area contributed by atoms with Crippen LogP contribution in [0.15, 0.2) is 67.6 Å². The minimum atomic E-state index is 0.707. The fourth-order valence-electron chi connectivity index (χ4n) is 4.39. The Bertz CT molecular complexity index is 1740. The van der Waals surface area contributed by atoms with Crippen LogP contribution in [0.3, 0.4) is 0 Å². The summed E-state index contributed by atoms with van der Waals surface area (Å²) in [6.45, 7) is 6.91. The van der Waals surface area contributed by atoms with Crippen LogP contribution in [0.25, 0.3) is 60.7 Å². The van der Waals surface area contributed by atoms with Gasteiger partial charge in [-0.05, 0) is 74.1 Å². The number of aromatic nitrogens is 6. The molecule has 0 saturated carbocycles. The minimum absolute atomic E-state index is 0.707. The number of allylic oxidation sites excluding steroid dienone is 1. The molecule has 5 aromatic heterocycles. The number of hydrogen-bond acceptors (Lipinski definition) is 6. The van der Waals surface area contributed by atoms with E-state index in [1.54, 1.807) is 11.3 Å². The van der Waals surface area contributed by atoms with Gasteiger partial charge in [-0.1, -0.05) is 12.6 Å². The maximum absolute atomic E-state index is 4.95. The SMILES string of the molecule is C=C(C)c1ccc(-c2nccc3[nH]c(-c4n[nH]c5ccc(-c6cncc(CN(C)C)c6)cc45)nc23)s1. The third-order valence-electron chi connectivity index (χ3n) is 6.08. The summed E-state index contributed by atoms with van der Waals surface area (Å²) in [5.74, 6) is 0.707. The van der Waals surface area contributed by atoms with E-state index in [9.17, 15) is 0 Å². The molecule has 6 aromatic rings. The fourth-order valence-corrected chi connectivity index (χ4v) is 5.32. The van der Waals surface area contributed by atoms with Crippen molar-refractivity contribution >= 4 is 38.8 Å². The molecule has 5 heterocycles. The first-order valence-corrected chi connectivity index (χ1v) is 12.5. The van der Waals surface area contributed by atoms with Crippen molar-refractivity contribution in [2.75, 3.05) is 14.1 Å². The number of nitrogens with zero attached hydrogens (tertiary/aromatic N) is 5. The first-order valence-electron chi connectivity index (χ1n) is 11.6. The molecule has 0 aliphatic rings. The van der Waals surface area contributed by atoms with E-state index < -0.39 is 0 Å². The summed E-state index contributed by atoms with van der Waals surface area (Å²) in [5, 5.41) is 8.77. The highest BCUT2D eigenvalue weighted by Gasteiger charge is 2.17. The van der Waals surface area contributed by atoms with E-state index in [2.05, 4.69) is 87.1 Å². The Balaban J connectivity index is 1.43. The van der Waals surface area contributed by atoms with Crippen LogP contribution in [0, 0.1) is 0 Å². The van der Waals surface area contributed by atoms with Crippen molar-refractivity contribution in [3.63, 3.8) is 0 Å². The lowest BCUT2D eigenvalue weighted by atomic mass is 10.0. The van der Waals surface area contributed by atoms with Crippen LogP contribution < -0.4 is 0 Å². The minimum Gasteiger partial charge on any atom is -0.336 e. The van der Waals surface area contributed by atoms with E-state index in [0.717, 1.165) is 66.3 Å². The zero-order valence-corrected chi connectivity index (χ0v) is 21.1. The van der Waals surface area contributed by atoms with Crippen molar-refractivity contribution in [2.24, 2.45) is 0 Å². The first kappa shape index (κ1) is 22.3. The van der Waals surface area contributed by atoms with Crippen molar-refractivity contribution in [2.45, 2.75) is 13.5 Å². The number of H-pyrrole nitrogens is 2. The maximum atomic E-state index is 4.95. The zero-order chi connectivity index (χ0) is 24.8. The quantitative estimate of drug-likeness (QED) is 0.282. The van der Waals surface area contributed by atoms with Gasteiger partial charge in [-0.25, -0.2) is 4.98 Å². The lowest BCUT2D eigenvalue weighted by molar-refractivity contribution is 0.402. The molecule has 0 aliphatic heterocycles. The highest BCUT2D eigenvalue weighted by Crippen LogP contribution is 2.35. The van der Waals surface area contributed by atoms with Crippen LogP contribution in [0.4, 0.5) is 0 Å². The average molecular weight is 492 g/mol. The average Bonchev–Trinajstić information content (AvgIpc) is 3.60. The van der Waals surface area contributed by atoms with Crippen LogP contribution >= 0.6 is 11.3 Å². The van der Waals surface area contributed by atoms with Crippen molar-refractivity contribution in [3.05, 3.63) is 78.1 Å². The highest BCUT2D eigenvalue weighted by atomic mass is 32.1. The summed E-state index contributed by atoms with van der Waals surface area (Å²) in [5.41, 5.74) is 8.72. The van der Waals surface area contributed by atoms with Gasteiger partial charge < -0.3 is 9.88 Å². The van der Waals surface area contributed by atoms with Gasteiger partial charge in [-0.3, -0.25) is 15.1 Å². The Kier molecular flexibility index (Phi) is 5.47. The van der Waals surface area contributed by atoms with Crippen molar-refractivity contribution in [1.82, 2.24) is 35.0 Å². The number of nitrogens with one attached hydrogen (secondary N) is 2. The number of pyridine rings is 2. The molecular formula is C28H25N7S. The van der Waals surface area contributed by atoms with Crippen LogP contribution in [-0.4, -0.2) is 49.1 Å². The van der Waals surface area contributed by atoms with Gasteiger partial charge in [0.25, 0.3) is 0 Å². The molecule has 0 aliphatic carbocycles. The number of hydrogen-bond donors (Lipinski definition) is 2. The van der Waals surface area contributed by atoms with Crippen LogP contribution in [0.1, 0.15) is 17.4 Å². The number of imidazole rings is 1. The van der Waals surface area contributed by atoms with Crippen molar-refractivity contribution in [1.29, 1.82) is 0 Å². The molecule has 0 saturated heterocycles. The second-order valence-electron chi connectivity index (χ2n) is 9.24. The van der Waals surface area contributed by atoms with E-state index in [0.29, 0.717) is 5.82 Å². The third kappa shape index (κ3) is 4.00. The summed E-state index contributed by atoms with van der Waals surface area (Å²) in [4.78, 5) is 21.9. The first-order chi connectivity index (χ1) is 17.5. The standard InChI is InChI=1S/C28H25N7S/c1-16(2)23-7-8-24(36-23)27-26-22(9-10-30-27)31-28(32-26)25-20-12-18(5-6-21(20)33-34-25)19-11-17(13-29-14-19)15-35(3)4/h5-14H,1,15H2,2-4H3,(H,31,32)(H,33,34). The Morgan fingerprint density at radius 2 is 1.89 bits per heavy atom. The molecule has 0 unspecified atom stereocenters. The van der Waals surface area contributed by atoms with Gasteiger partial charge in [0.05, 0.1) is 15.9 Å². The smallest absolute Gasteiger partial charge is 0.159 e. The maximum Gasteiger partial charge on any atom is 0.159 e. The number of aromatic amines is 2. The van der Waals surface area contributed by atoms with E-state index in [-0.39, 0.29) is 0 Å². The van der Waals surface area contributed by atoms with Gasteiger partial charge in [0, 0.05) is 41.0 Å². The number of rotatable bonds is 6. The van der Waals surface area contributed by atoms with Crippen LogP contribution in [-0.2, 0) is 6.54 Å². The van der Waals surface area contributed by atoms with Gasteiger partial charge in [0.15, 0.2) is 5.82 Å². The number of benzene rings is 1. The zero-order valence-electron chi connectivity index (χ0n) is 20.3. The highest BCUT2D eigenvalue weighted by molar-refractivity contribution is 7.16. The number of fused-ring (bicyclic) bond motifs is 2. The molecule has 1 aromatic carbocycles. The molecular weight excluding hydrogens is 466 g/mol. The second-order valence-corrected chi connectivity index (χ2v) is 10.3. The molecule has 178 valence electrons. The summed E-state index contributed by atoms with van der Waals surface area (Å²) >= 11 is 1.68. The molecule has 0 amide bonds. The Labute approximate surface area is 212 Å². The summed E-state index contributed by atoms with van der Waals surface area (Å²) < 4.78 is 0. The molecule has 0 spiro atoms. The lowest BCUT2D eigenvalue weighted by Gasteiger charge is -2.10. The number of thiophene rings is 1. The normalized spacial score (nSPS) is 11.7. The molecule has 0 radical (unpaired) electrons. The molecule has 0 fully saturated rings. The van der Waals surface area contributed by atoms with Gasteiger partial charge in [-0.15, -0.1) is 11.3 Å². The van der Waals surface area contributed by atoms with E-state index in [1.165, 1.54) is 5.56 Å². The molecule has 0 bridgehead atoms. The van der Waals surface area contributed by atoms with E-state index in [4.69, 9.17) is 4.98 Å². The van der Waals surface area contributed by atoms with Gasteiger partial charge in [0.1, 0.15) is 16.9 Å². The predicted molar refractivity (Wildman–Crippen MR) is 148 cm³/mol. The molecule has 0 atom stereocenters. The van der Waals surface area contributed by atoms with Crippen LogP contribution in [0.5, 0.6) is 0 Å². The van der Waals surface area contributed by atoms with Crippen LogP contribution in [0.2, 0.25) is 0 Å². The summed E-state index contributed by atoms with van der Waals surface area (Å²) in [6, 6.07) is 14.6. The Hall–Kier alpha value is -4.14. The van der Waals surface area contributed by atoms with Gasteiger partial charge in [0.2, 0.25) is 0 Å². The Morgan fingerprint density at radius 3 is 2.69 bits per heavy atom.